The molecule has 104 valence electrons. The second-order valence-corrected chi connectivity index (χ2v) is 6.21. The Morgan fingerprint density at radius 3 is 2.60 bits per heavy atom. The van der Waals surface area contributed by atoms with E-state index in [9.17, 15) is 0 Å². The van der Waals surface area contributed by atoms with Crippen LogP contribution in [0.15, 0.2) is 48.5 Å². The van der Waals surface area contributed by atoms with Crippen molar-refractivity contribution >= 4 is 0 Å². The lowest BCUT2D eigenvalue weighted by molar-refractivity contribution is 0.576. The Kier molecular flexibility index (Phi) is 3.62. The van der Waals surface area contributed by atoms with E-state index in [4.69, 9.17) is 5.73 Å². The molecular formula is C19H23N. The van der Waals surface area contributed by atoms with Crippen molar-refractivity contribution in [2.24, 2.45) is 11.7 Å². The van der Waals surface area contributed by atoms with Crippen LogP contribution >= 0.6 is 0 Å². The SMILES string of the molecule is Cc1ccc(C)c(CC(N)C2CC2c2ccccc2)c1. The van der Waals surface area contributed by atoms with E-state index in [2.05, 4.69) is 62.4 Å². The third-order valence-electron chi connectivity index (χ3n) is 4.58. The van der Waals surface area contributed by atoms with Gasteiger partial charge >= 0.3 is 0 Å². The monoisotopic (exact) mass is 265 g/mol. The highest BCUT2D eigenvalue weighted by Gasteiger charge is 2.42. The molecule has 0 heterocycles. The molecule has 0 amide bonds. The summed E-state index contributed by atoms with van der Waals surface area (Å²) in [6.07, 6.45) is 2.25. The Morgan fingerprint density at radius 1 is 1.10 bits per heavy atom. The Bertz CT molecular complexity index is 588. The Hall–Kier alpha value is -1.60. The predicted molar refractivity (Wildman–Crippen MR) is 84.9 cm³/mol. The summed E-state index contributed by atoms with van der Waals surface area (Å²) in [5, 5.41) is 0. The van der Waals surface area contributed by atoms with Gasteiger partial charge in [-0.15, -0.1) is 0 Å². The predicted octanol–water partition coefficient (Wildman–Crippen LogP) is 3.98. The average molecular weight is 265 g/mol. The van der Waals surface area contributed by atoms with Gasteiger partial charge in [0.05, 0.1) is 0 Å². The molecule has 0 aromatic heterocycles. The normalized spacial score (nSPS) is 22.6. The van der Waals surface area contributed by atoms with Crippen LogP contribution in [-0.4, -0.2) is 6.04 Å². The third-order valence-corrected chi connectivity index (χ3v) is 4.58. The first-order valence-corrected chi connectivity index (χ1v) is 7.52. The van der Waals surface area contributed by atoms with Crippen molar-refractivity contribution in [2.75, 3.05) is 0 Å². The molecule has 1 aliphatic rings. The van der Waals surface area contributed by atoms with Gasteiger partial charge in [-0.05, 0) is 55.2 Å². The van der Waals surface area contributed by atoms with Gasteiger partial charge in [-0.25, -0.2) is 0 Å². The van der Waals surface area contributed by atoms with Gasteiger partial charge in [-0.3, -0.25) is 0 Å². The summed E-state index contributed by atoms with van der Waals surface area (Å²) in [4.78, 5) is 0. The van der Waals surface area contributed by atoms with Crippen LogP contribution in [0.4, 0.5) is 0 Å². The van der Waals surface area contributed by atoms with Gasteiger partial charge in [0, 0.05) is 6.04 Å². The van der Waals surface area contributed by atoms with E-state index in [1.807, 2.05) is 0 Å². The largest absolute Gasteiger partial charge is 0.327 e. The maximum absolute atomic E-state index is 6.46. The molecule has 3 rings (SSSR count). The first-order chi connectivity index (χ1) is 9.65. The lowest BCUT2D eigenvalue weighted by Gasteiger charge is -2.14. The first-order valence-electron chi connectivity index (χ1n) is 7.52. The van der Waals surface area contributed by atoms with Gasteiger partial charge in [-0.2, -0.15) is 0 Å². The molecule has 3 unspecified atom stereocenters. The van der Waals surface area contributed by atoms with E-state index in [-0.39, 0.29) is 6.04 Å². The summed E-state index contributed by atoms with van der Waals surface area (Å²) in [7, 11) is 0. The molecule has 1 fully saturated rings. The van der Waals surface area contributed by atoms with Gasteiger partial charge in [0.2, 0.25) is 0 Å². The summed E-state index contributed by atoms with van der Waals surface area (Å²) in [5.74, 6) is 1.33. The van der Waals surface area contributed by atoms with E-state index in [1.165, 1.54) is 28.7 Å². The number of nitrogens with two attached hydrogens (primary N) is 1. The highest BCUT2D eigenvalue weighted by atomic mass is 14.7. The van der Waals surface area contributed by atoms with Crippen molar-refractivity contribution in [3.8, 4) is 0 Å². The standard InChI is InChI=1S/C19H23N/c1-13-8-9-14(2)16(10-13)11-19(20)18-12-17(18)15-6-4-3-5-7-15/h3-10,17-19H,11-12,20H2,1-2H3. The highest BCUT2D eigenvalue weighted by Crippen LogP contribution is 2.49. The van der Waals surface area contributed by atoms with Crippen LogP contribution in [-0.2, 0) is 6.42 Å². The molecule has 2 aromatic carbocycles. The van der Waals surface area contributed by atoms with E-state index >= 15 is 0 Å². The van der Waals surface area contributed by atoms with Crippen molar-refractivity contribution in [3.63, 3.8) is 0 Å². The van der Waals surface area contributed by atoms with E-state index in [0.717, 1.165) is 6.42 Å². The second-order valence-electron chi connectivity index (χ2n) is 6.21. The zero-order valence-electron chi connectivity index (χ0n) is 12.3. The number of hydrogen-bond acceptors (Lipinski definition) is 1. The van der Waals surface area contributed by atoms with Gasteiger partial charge in [-0.1, -0.05) is 54.1 Å². The van der Waals surface area contributed by atoms with Crippen LogP contribution in [0.2, 0.25) is 0 Å². The van der Waals surface area contributed by atoms with Crippen LogP contribution < -0.4 is 5.73 Å². The fourth-order valence-corrected chi connectivity index (χ4v) is 3.20. The van der Waals surface area contributed by atoms with E-state index in [1.54, 1.807) is 0 Å². The Labute approximate surface area is 121 Å². The quantitative estimate of drug-likeness (QED) is 0.889. The molecule has 3 atom stereocenters. The number of rotatable bonds is 4. The summed E-state index contributed by atoms with van der Waals surface area (Å²) < 4.78 is 0. The fourth-order valence-electron chi connectivity index (χ4n) is 3.20. The maximum atomic E-state index is 6.46. The zero-order valence-corrected chi connectivity index (χ0v) is 12.3. The van der Waals surface area contributed by atoms with Crippen molar-refractivity contribution in [3.05, 3.63) is 70.8 Å². The molecular weight excluding hydrogens is 242 g/mol. The van der Waals surface area contributed by atoms with Crippen LogP contribution in [0.1, 0.15) is 34.6 Å². The molecule has 20 heavy (non-hydrogen) atoms. The van der Waals surface area contributed by atoms with Crippen molar-refractivity contribution in [1.29, 1.82) is 0 Å². The Morgan fingerprint density at radius 2 is 1.85 bits per heavy atom. The second kappa shape index (κ2) is 5.41. The van der Waals surface area contributed by atoms with Crippen LogP contribution in [0.25, 0.3) is 0 Å². The minimum absolute atomic E-state index is 0.278. The van der Waals surface area contributed by atoms with E-state index < -0.39 is 0 Å². The lowest BCUT2D eigenvalue weighted by Crippen LogP contribution is -2.26. The molecule has 1 aliphatic carbocycles. The molecule has 2 N–H and O–H groups in total. The topological polar surface area (TPSA) is 26.0 Å². The molecule has 0 bridgehead atoms. The molecule has 0 spiro atoms. The fraction of sp³-hybridized carbons (Fsp3) is 0.368. The molecule has 1 nitrogen and oxygen atoms in total. The molecule has 1 saturated carbocycles. The van der Waals surface area contributed by atoms with Crippen molar-refractivity contribution in [1.82, 2.24) is 0 Å². The minimum Gasteiger partial charge on any atom is -0.327 e. The van der Waals surface area contributed by atoms with Gasteiger partial charge < -0.3 is 5.73 Å². The zero-order chi connectivity index (χ0) is 14.1. The summed E-state index contributed by atoms with van der Waals surface area (Å²) >= 11 is 0. The summed E-state index contributed by atoms with van der Waals surface area (Å²) in [6.45, 7) is 4.33. The highest BCUT2D eigenvalue weighted by molar-refractivity contribution is 5.32. The van der Waals surface area contributed by atoms with E-state index in [0.29, 0.717) is 11.8 Å². The third kappa shape index (κ3) is 2.78. The van der Waals surface area contributed by atoms with Crippen LogP contribution in [0.3, 0.4) is 0 Å². The van der Waals surface area contributed by atoms with Crippen molar-refractivity contribution in [2.45, 2.75) is 38.6 Å². The van der Waals surface area contributed by atoms with Gasteiger partial charge in [0.15, 0.2) is 0 Å². The molecule has 1 heteroatoms. The van der Waals surface area contributed by atoms with Crippen LogP contribution in [0.5, 0.6) is 0 Å². The summed E-state index contributed by atoms with van der Waals surface area (Å²) in [5.41, 5.74) is 12.0. The average Bonchev–Trinajstić information content (AvgIpc) is 3.24. The van der Waals surface area contributed by atoms with Crippen LogP contribution in [0, 0.1) is 19.8 Å². The number of benzene rings is 2. The number of hydrogen-bond donors (Lipinski definition) is 1. The Balaban J connectivity index is 1.67. The molecule has 2 aromatic rings. The first kappa shape index (κ1) is 13.4. The summed E-state index contributed by atoms with van der Waals surface area (Å²) in [6, 6.07) is 17.7. The molecule has 0 saturated heterocycles. The molecule has 0 aliphatic heterocycles. The maximum Gasteiger partial charge on any atom is 0.0114 e. The van der Waals surface area contributed by atoms with Gasteiger partial charge in [0.1, 0.15) is 0 Å². The van der Waals surface area contributed by atoms with Gasteiger partial charge in [0.25, 0.3) is 0 Å². The lowest BCUT2D eigenvalue weighted by atomic mass is 9.95. The minimum atomic E-state index is 0.278. The number of aryl methyl sites for hydroxylation is 2. The van der Waals surface area contributed by atoms with Crippen molar-refractivity contribution < 1.29 is 0 Å². The smallest absolute Gasteiger partial charge is 0.0114 e. The molecule has 0 radical (unpaired) electrons.